The van der Waals surface area contributed by atoms with Gasteiger partial charge in [-0.05, 0) is 30.6 Å². The van der Waals surface area contributed by atoms with Gasteiger partial charge >= 0.3 is 5.97 Å². The maximum atomic E-state index is 12.1. The van der Waals surface area contributed by atoms with Gasteiger partial charge in [-0.25, -0.2) is 0 Å². The number of nitrogens with one attached hydrogen (secondary N) is 1. The van der Waals surface area contributed by atoms with Crippen LogP contribution >= 0.6 is 0 Å². The number of aliphatic hydroxyl groups excluding tert-OH is 1. The SMILES string of the molecule is CC1CCC(C(C)C)C(OC(=O)[C@@H]2C[C@H](O)CN2)C1. The molecule has 5 atom stereocenters. The van der Waals surface area contributed by atoms with Crippen molar-refractivity contribution in [3.05, 3.63) is 0 Å². The molecule has 2 aliphatic rings. The van der Waals surface area contributed by atoms with E-state index in [-0.39, 0.29) is 18.1 Å². The zero-order valence-corrected chi connectivity index (χ0v) is 12.3. The van der Waals surface area contributed by atoms with E-state index in [1.165, 1.54) is 6.42 Å². The lowest BCUT2D eigenvalue weighted by molar-refractivity contribution is -0.158. The summed E-state index contributed by atoms with van der Waals surface area (Å²) < 4.78 is 5.76. The highest BCUT2D eigenvalue weighted by Gasteiger charge is 2.36. The van der Waals surface area contributed by atoms with Crippen LogP contribution in [0.15, 0.2) is 0 Å². The molecule has 4 nitrogen and oxygen atoms in total. The number of rotatable bonds is 3. The van der Waals surface area contributed by atoms with Gasteiger partial charge in [-0.3, -0.25) is 4.79 Å². The topological polar surface area (TPSA) is 58.6 Å². The maximum absolute atomic E-state index is 12.1. The Bertz CT molecular complexity index is 319. The van der Waals surface area contributed by atoms with Gasteiger partial charge in [0.2, 0.25) is 0 Å². The molecule has 0 radical (unpaired) electrons. The number of hydrogen-bond acceptors (Lipinski definition) is 4. The smallest absolute Gasteiger partial charge is 0.323 e. The summed E-state index contributed by atoms with van der Waals surface area (Å²) in [4.78, 5) is 12.1. The lowest BCUT2D eigenvalue weighted by Gasteiger charge is -2.37. The van der Waals surface area contributed by atoms with Crippen LogP contribution in [-0.4, -0.2) is 35.9 Å². The highest BCUT2D eigenvalue weighted by Crippen LogP contribution is 2.35. The molecule has 2 fully saturated rings. The van der Waals surface area contributed by atoms with Crippen LogP contribution in [0.3, 0.4) is 0 Å². The van der Waals surface area contributed by atoms with E-state index >= 15 is 0 Å². The van der Waals surface area contributed by atoms with Gasteiger partial charge in [0.1, 0.15) is 12.1 Å². The number of ether oxygens (including phenoxy) is 1. The number of β-amino-alcohol motifs (C(OH)–C–C–N with tert-alkyl or cyclic N) is 1. The van der Waals surface area contributed by atoms with E-state index in [1.807, 2.05) is 0 Å². The van der Waals surface area contributed by atoms with Crippen LogP contribution in [0.2, 0.25) is 0 Å². The van der Waals surface area contributed by atoms with Crippen LogP contribution in [0.4, 0.5) is 0 Å². The van der Waals surface area contributed by atoms with Gasteiger partial charge in [-0.2, -0.15) is 0 Å². The van der Waals surface area contributed by atoms with Crippen LogP contribution < -0.4 is 5.32 Å². The minimum absolute atomic E-state index is 0.0517. The second-order valence-corrected chi connectivity index (χ2v) is 6.65. The maximum Gasteiger partial charge on any atom is 0.323 e. The number of hydrogen-bond donors (Lipinski definition) is 2. The van der Waals surface area contributed by atoms with Crippen LogP contribution in [0, 0.1) is 17.8 Å². The van der Waals surface area contributed by atoms with Gasteiger partial charge in [0.05, 0.1) is 6.10 Å². The Morgan fingerprint density at radius 2 is 2.05 bits per heavy atom. The average molecular weight is 269 g/mol. The van der Waals surface area contributed by atoms with Crippen LogP contribution in [0.5, 0.6) is 0 Å². The van der Waals surface area contributed by atoms with Crippen molar-refractivity contribution in [1.29, 1.82) is 0 Å². The predicted molar refractivity (Wildman–Crippen MR) is 73.6 cm³/mol. The van der Waals surface area contributed by atoms with Gasteiger partial charge in [-0.1, -0.05) is 27.2 Å². The Morgan fingerprint density at radius 1 is 1.32 bits per heavy atom. The minimum Gasteiger partial charge on any atom is -0.461 e. The zero-order chi connectivity index (χ0) is 14.0. The fourth-order valence-electron chi connectivity index (χ4n) is 3.38. The Balaban J connectivity index is 1.92. The van der Waals surface area contributed by atoms with Gasteiger partial charge in [0.25, 0.3) is 0 Å². The molecule has 0 aromatic rings. The molecule has 0 aromatic carbocycles. The molecule has 3 unspecified atom stereocenters. The lowest BCUT2D eigenvalue weighted by atomic mass is 9.75. The van der Waals surface area contributed by atoms with E-state index in [1.54, 1.807) is 0 Å². The monoisotopic (exact) mass is 269 g/mol. The van der Waals surface area contributed by atoms with Crippen molar-refractivity contribution in [2.75, 3.05) is 6.54 Å². The standard InChI is InChI=1S/C15H27NO3/c1-9(2)12-5-4-10(3)6-14(12)19-15(18)13-7-11(17)8-16-13/h9-14,16-17H,4-8H2,1-3H3/t10?,11-,12?,13-,14?/m0/s1. The quantitative estimate of drug-likeness (QED) is 0.766. The largest absolute Gasteiger partial charge is 0.461 e. The molecule has 1 saturated heterocycles. The first-order valence-corrected chi connectivity index (χ1v) is 7.59. The van der Waals surface area contributed by atoms with Crippen molar-refractivity contribution in [3.8, 4) is 0 Å². The zero-order valence-electron chi connectivity index (χ0n) is 12.3. The molecule has 4 heteroatoms. The molecule has 1 saturated carbocycles. The van der Waals surface area contributed by atoms with Gasteiger partial charge in [0.15, 0.2) is 0 Å². The summed E-state index contributed by atoms with van der Waals surface area (Å²) in [7, 11) is 0. The first kappa shape index (κ1) is 14.8. The van der Waals surface area contributed by atoms with E-state index in [4.69, 9.17) is 4.74 Å². The van der Waals surface area contributed by atoms with Crippen molar-refractivity contribution < 1.29 is 14.6 Å². The molecule has 2 rings (SSSR count). The fraction of sp³-hybridized carbons (Fsp3) is 0.933. The number of esters is 1. The normalized spacial score (nSPS) is 39.5. The first-order chi connectivity index (χ1) is 8.97. The molecule has 0 spiro atoms. The molecule has 19 heavy (non-hydrogen) atoms. The molecule has 2 N–H and O–H groups in total. The Hall–Kier alpha value is -0.610. The third kappa shape index (κ3) is 3.69. The number of carbonyl (C=O) groups excluding carboxylic acids is 1. The molecule has 1 aliphatic carbocycles. The van der Waals surface area contributed by atoms with E-state index < -0.39 is 6.10 Å². The fourth-order valence-corrected chi connectivity index (χ4v) is 3.38. The summed E-state index contributed by atoms with van der Waals surface area (Å²) in [5.74, 6) is 1.48. The molecule has 0 aromatic heterocycles. The van der Waals surface area contributed by atoms with E-state index in [0.717, 1.165) is 12.8 Å². The summed E-state index contributed by atoms with van der Waals surface area (Å²) in [6.45, 7) is 7.14. The van der Waals surface area contributed by atoms with Crippen molar-refractivity contribution >= 4 is 5.97 Å². The molecule has 0 amide bonds. The van der Waals surface area contributed by atoms with Gasteiger partial charge in [0, 0.05) is 13.0 Å². The summed E-state index contributed by atoms with van der Waals surface area (Å²) in [5, 5.41) is 12.5. The lowest BCUT2D eigenvalue weighted by Crippen LogP contribution is -2.40. The van der Waals surface area contributed by atoms with Gasteiger partial charge in [-0.15, -0.1) is 0 Å². The predicted octanol–water partition coefficient (Wildman–Crippen LogP) is 1.71. The molecule has 1 aliphatic heterocycles. The van der Waals surface area contributed by atoms with Crippen LogP contribution in [0.25, 0.3) is 0 Å². The van der Waals surface area contributed by atoms with Crippen molar-refractivity contribution in [2.24, 2.45) is 17.8 Å². The summed E-state index contributed by atoms with van der Waals surface area (Å²) in [6.07, 6.45) is 3.48. The highest BCUT2D eigenvalue weighted by molar-refractivity contribution is 5.76. The number of carbonyl (C=O) groups is 1. The molecular weight excluding hydrogens is 242 g/mol. The number of aliphatic hydroxyl groups is 1. The first-order valence-electron chi connectivity index (χ1n) is 7.59. The van der Waals surface area contributed by atoms with E-state index in [0.29, 0.717) is 30.7 Å². The van der Waals surface area contributed by atoms with Crippen LogP contribution in [-0.2, 0) is 9.53 Å². The van der Waals surface area contributed by atoms with Crippen molar-refractivity contribution in [3.63, 3.8) is 0 Å². The summed E-state index contributed by atoms with van der Waals surface area (Å²) in [6, 6.07) is -0.319. The third-order valence-electron chi connectivity index (χ3n) is 4.62. The highest BCUT2D eigenvalue weighted by atomic mass is 16.5. The molecule has 0 bridgehead atoms. The molecular formula is C15H27NO3. The Kier molecular flexibility index (Phi) is 4.85. The minimum atomic E-state index is -0.413. The molecule has 1 heterocycles. The van der Waals surface area contributed by atoms with Crippen molar-refractivity contribution in [2.45, 2.75) is 64.7 Å². The van der Waals surface area contributed by atoms with E-state index in [2.05, 4.69) is 26.1 Å². The van der Waals surface area contributed by atoms with E-state index in [9.17, 15) is 9.90 Å². The Labute approximate surface area is 115 Å². The molecule has 110 valence electrons. The van der Waals surface area contributed by atoms with Crippen molar-refractivity contribution in [1.82, 2.24) is 5.32 Å². The second kappa shape index (κ2) is 6.23. The Morgan fingerprint density at radius 3 is 2.63 bits per heavy atom. The second-order valence-electron chi connectivity index (χ2n) is 6.65. The average Bonchev–Trinajstić information content (AvgIpc) is 2.75. The summed E-state index contributed by atoms with van der Waals surface area (Å²) >= 11 is 0. The third-order valence-corrected chi connectivity index (χ3v) is 4.62. The van der Waals surface area contributed by atoms with Gasteiger partial charge < -0.3 is 15.2 Å². The van der Waals surface area contributed by atoms with Crippen LogP contribution in [0.1, 0.15) is 46.5 Å². The summed E-state index contributed by atoms with van der Waals surface area (Å²) in [5.41, 5.74) is 0.